The van der Waals surface area contributed by atoms with Gasteiger partial charge >= 0.3 is 0 Å². The molecule has 0 aliphatic heterocycles. The third-order valence-corrected chi connectivity index (χ3v) is 6.31. The van der Waals surface area contributed by atoms with Crippen LogP contribution in [0.15, 0.2) is 23.4 Å². The van der Waals surface area contributed by atoms with Crippen molar-refractivity contribution in [2.24, 2.45) is 5.92 Å². The van der Waals surface area contributed by atoms with Gasteiger partial charge in [0.2, 0.25) is 10.0 Å². The molecule has 0 amide bonds. The highest BCUT2D eigenvalue weighted by Crippen LogP contribution is 2.34. The lowest BCUT2D eigenvalue weighted by Gasteiger charge is -2.39. The van der Waals surface area contributed by atoms with E-state index in [-0.39, 0.29) is 4.90 Å². The highest BCUT2D eigenvalue weighted by Gasteiger charge is 2.38. The lowest BCUT2D eigenvalue weighted by atomic mass is 9.78. The van der Waals surface area contributed by atoms with Crippen LogP contribution in [0.5, 0.6) is 0 Å². The zero-order chi connectivity index (χ0) is 14.8. The van der Waals surface area contributed by atoms with E-state index < -0.39 is 21.4 Å². The Labute approximate surface area is 127 Å². The summed E-state index contributed by atoms with van der Waals surface area (Å²) in [4.78, 5) is 3.47. The monoisotopic (exact) mass is 364 g/mol. The summed E-state index contributed by atoms with van der Waals surface area (Å²) in [6.45, 7) is 2.12. The van der Waals surface area contributed by atoms with E-state index in [4.69, 9.17) is 0 Å². The van der Waals surface area contributed by atoms with Crippen LogP contribution in [-0.4, -0.2) is 24.3 Å². The Morgan fingerprint density at radius 2 is 2.30 bits per heavy atom. The van der Waals surface area contributed by atoms with Gasteiger partial charge in [0.15, 0.2) is 0 Å². The molecule has 1 heterocycles. The molecule has 1 aliphatic rings. The molecule has 4 nitrogen and oxygen atoms in total. The molecule has 112 valence electrons. The number of halogens is 2. The van der Waals surface area contributed by atoms with Gasteiger partial charge in [-0.1, -0.05) is 35.7 Å². The largest absolute Gasteiger partial charge is 0.260 e. The van der Waals surface area contributed by atoms with Crippen molar-refractivity contribution in [2.45, 2.75) is 43.0 Å². The molecule has 0 aromatic carbocycles. The van der Waals surface area contributed by atoms with Crippen molar-refractivity contribution in [3.8, 4) is 0 Å². The fourth-order valence-corrected chi connectivity index (χ4v) is 5.03. The van der Waals surface area contributed by atoms with Gasteiger partial charge in [-0.05, 0) is 24.8 Å². The molecule has 1 aliphatic carbocycles. The van der Waals surface area contributed by atoms with E-state index in [1.807, 2.05) is 0 Å². The molecule has 0 bridgehead atoms. The predicted octanol–water partition coefficient (Wildman–Crippen LogP) is 2.84. The number of aromatic nitrogens is 1. The predicted molar refractivity (Wildman–Crippen MR) is 78.7 cm³/mol. The summed E-state index contributed by atoms with van der Waals surface area (Å²) < 4.78 is 40.7. The van der Waals surface area contributed by atoms with Crippen molar-refractivity contribution in [3.63, 3.8) is 0 Å². The minimum atomic E-state index is -3.76. The van der Waals surface area contributed by atoms with Crippen molar-refractivity contribution < 1.29 is 12.8 Å². The third-order valence-electron chi connectivity index (χ3n) is 3.69. The summed E-state index contributed by atoms with van der Waals surface area (Å²) >= 11 is 3.42. The van der Waals surface area contributed by atoms with Gasteiger partial charge in [-0.2, -0.15) is 0 Å². The molecule has 1 saturated carbocycles. The minimum absolute atomic E-state index is 0.129. The van der Waals surface area contributed by atoms with Crippen LogP contribution in [0.4, 0.5) is 4.39 Å². The van der Waals surface area contributed by atoms with Crippen LogP contribution in [0.25, 0.3) is 0 Å². The molecular weight excluding hydrogens is 347 g/mol. The zero-order valence-corrected chi connectivity index (χ0v) is 13.7. The molecule has 20 heavy (non-hydrogen) atoms. The van der Waals surface area contributed by atoms with E-state index in [9.17, 15) is 12.8 Å². The van der Waals surface area contributed by atoms with Gasteiger partial charge in [-0.15, -0.1) is 0 Å². The minimum Gasteiger partial charge on any atom is -0.260 e. The van der Waals surface area contributed by atoms with E-state index in [0.717, 1.165) is 37.9 Å². The average Bonchev–Trinajstić information content (AvgIpc) is 2.38. The van der Waals surface area contributed by atoms with E-state index in [2.05, 4.69) is 32.6 Å². The van der Waals surface area contributed by atoms with Crippen LogP contribution >= 0.6 is 15.9 Å². The average molecular weight is 365 g/mol. The second-order valence-corrected chi connectivity index (χ2v) is 7.80. The maximum absolute atomic E-state index is 13.2. The Morgan fingerprint density at radius 3 is 2.90 bits per heavy atom. The van der Waals surface area contributed by atoms with E-state index in [0.29, 0.717) is 11.2 Å². The van der Waals surface area contributed by atoms with E-state index in [1.54, 1.807) is 0 Å². The maximum atomic E-state index is 13.2. The Balaban J connectivity index is 2.26. The number of alkyl halides is 1. The molecule has 2 unspecified atom stereocenters. The van der Waals surface area contributed by atoms with Crippen LogP contribution in [0.2, 0.25) is 0 Å². The van der Waals surface area contributed by atoms with E-state index >= 15 is 0 Å². The van der Waals surface area contributed by atoms with Crippen LogP contribution in [-0.2, 0) is 10.0 Å². The molecule has 1 aromatic heterocycles. The molecule has 0 radical (unpaired) electrons. The summed E-state index contributed by atoms with van der Waals surface area (Å²) in [5, 5.41) is 0.548. The lowest BCUT2D eigenvalue weighted by molar-refractivity contribution is 0.241. The SMILES string of the molecule is CC1CCCC(CBr)(NS(=O)(=O)c2cncc(F)c2)C1. The molecule has 2 rings (SSSR count). The van der Waals surface area contributed by atoms with Gasteiger partial charge < -0.3 is 0 Å². The molecule has 0 saturated heterocycles. The van der Waals surface area contributed by atoms with Gasteiger partial charge in [0.1, 0.15) is 10.7 Å². The van der Waals surface area contributed by atoms with Crippen LogP contribution in [0.1, 0.15) is 32.6 Å². The molecule has 2 atom stereocenters. The van der Waals surface area contributed by atoms with E-state index in [1.165, 1.54) is 6.20 Å². The van der Waals surface area contributed by atoms with Gasteiger partial charge in [0, 0.05) is 17.1 Å². The highest BCUT2D eigenvalue weighted by molar-refractivity contribution is 9.09. The Hall–Kier alpha value is -0.530. The Morgan fingerprint density at radius 1 is 1.55 bits per heavy atom. The summed E-state index contributed by atoms with van der Waals surface area (Å²) in [7, 11) is -3.76. The highest BCUT2D eigenvalue weighted by atomic mass is 79.9. The first-order valence-corrected chi connectivity index (χ1v) is 9.18. The standard InChI is InChI=1S/C13H18BrFN2O2S/c1-10-3-2-4-13(6-10,9-14)17-20(18,19)12-5-11(15)7-16-8-12/h5,7-8,10,17H,2-4,6,9H2,1H3. The number of nitrogens with zero attached hydrogens (tertiary/aromatic N) is 1. The molecule has 7 heteroatoms. The fourth-order valence-electron chi connectivity index (χ4n) is 2.78. The van der Waals surface area contributed by atoms with Gasteiger partial charge in [0.05, 0.1) is 6.20 Å². The second kappa shape index (κ2) is 6.07. The first-order valence-electron chi connectivity index (χ1n) is 6.57. The fraction of sp³-hybridized carbons (Fsp3) is 0.615. The van der Waals surface area contributed by atoms with Crippen LogP contribution in [0.3, 0.4) is 0 Å². The summed E-state index contributed by atoms with van der Waals surface area (Å²) in [5.41, 5.74) is -0.497. The first-order chi connectivity index (χ1) is 9.37. The second-order valence-electron chi connectivity index (χ2n) is 5.56. The number of rotatable bonds is 4. The van der Waals surface area contributed by atoms with Gasteiger partial charge in [-0.25, -0.2) is 17.5 Å². The van der Waals surface area contributed by atoms with Gasteiger partial charge in [-0.3, -0.25) is 4.98 Å². The van der Waals surface area contributed by atoms with Crippen molar-refractivity contribution in [3.05, 3.63) is 24.3 Å². The molecule has 1 fully saturated rings. The topological polar surface area (TPSA) is 59.1 Å². The Kier molecular flexibility index (Phi) is 4.81. The zero-order valence-electron chi connectivity index (χ0n) is 11.3. The molecule has 1 aromatic rings. The smallest absolute Gasteiger partial charge is 0.242 e. The van der Waals surface area contributed by atoms with Crippen molar-refractivity contribution >= 4 is 26.0 Å². The quantitative estimate of drug-likeness (QED) is 0.835. The Bertz CT molecular complexity index is 581. The summed E-state index contributed by atoms with van der Waals surface area (Å²) in [6.07, 6.45) is 5.81. The lowest BCUT2D eigenvalue weighted by Crippen LogP contribution is -2.52. The summed E-state index contributed by atoms with van der Waals surface area (Å²) in [6, 6.07) is 0.990. The van der Waals surface area contributed by atoms with Gasteiger partial charge in [0.25, 0.3) is 0 Å². The maximum Gasteiger partial charge on any atom is 0.242 e. The number of nitrogens with one attached hydrogen (secondary N) is 1. The molecular formula is C13H18BrFN2O2S. The van der Waals surface area contributed by atoms with Crippen molar-refractivity contribution in [1.29, 1.82) is 0 Å². The van der Waals surface area contributed by atoms with Crippen LogP contribution < -0.4 is 4.72 Å². The molecule has 1 N–H and O–H groups in total. The third kappa shape index (κ3) is 3.56. The first kappa shape index (κ1) is 15.9. The number of hydrogen-bond donors (Lipinski definition) is 1. The normalized spacial score (nSPS) is 27.4. The summed E-state index contributed by atoms with van der Waals surface area (Å²) in [5.74, 6) is -0.188. The van der Waals surface area contributed by atoms with Crippen molar-refractivity contribution in [1.82, 2.24) is 9.71 Å². The van der Waals surface area contributed by atoms with Crippen LogP contribution in [0, 0.1) is 11.7 Å². The number of pyridine rings is 1. The number of sulfonamides is 1. The molecule has 0 spiro atoms. The van der Waals surface area contributed by atoms with Crippen molar-refractivity contribution in [2.75, 3.05) is 5.33 Å². The number of hydrogen-bond acceptors (Lipinski definition) is 3.